The molecule has 1 aromatic heterocycles. The molecule has 2 aromatic carbocycles. The number of aromatic nitrogens is 1. The number of Topliss-reactive ketones (excluding diaryl/α,β-unsaturated/α-hetero) is 1. The van der Waals surface area contributed by atoms with Crippen LogP contribution < -0.4 is 19.1 Å². The number of amides is 1. The molecule has 0 bridgehead atoms. The molecule has 162 valence electrons. The third-order valence-electron chi connectivity index (χ3n) is 5.32. The SMILES string of the molecule is COc1ccc(C2/C(=C(\O)c3ccc4c(c3)OCCO4)C(=O)C(=O)N2c2nccs2)cc1. The van der Waals surface area contributed by atoms with E-state index in [9.17, 15) is 14.7 Å². The zero-order valence-corrected chi connectivity index (χ0v) is 17.8. The minimum absolute atomic E-state index is 0.0213. The molecular weight excluding hydrogens is 432 g/mol. The molecule has 1 atom stereocenters. The first kappa shape index (κ1) is 20.1. The zero-order chi connectivity index (χ0) is 22.2. The first-order valence-corrected chi connectivity index (χ1v) is 10.7. The van der Waals surface area contributed by atoms with Crippen molar-refractivity contribution in [3.05, 3.63) is 70.7 Å². The molecule has 0 spiro atoms. The first-order chi connectivity index (χ1) is 15.6. The summed E-state index contributed by atoms with van der Waals surface area (Å²) in [6, 6.07) is 11.0. The molecule has 1 saturated heterocycles. The molecular formula is C23H18N2O6S. The molecule has 32 heavy (non-hydrogen) atoms. The van der Waals surface area contributed by atoms with Gasteiger partial charge in [0.15, 0.2) is 16.6 Å². The van der Waals surface area contributed by atoms with E-state index in [0.717, 1.165) is 0 Å². The van der Waals surface area contributed by atoms with Crippen molar-refractivity contribution in [1.82, 2.24) is 4.98 Å². The molecule has 3 aromatic rings. The summed E-state index contributed by atoms with van der Waals surface area (Å²) in [5.74, 6) is -0.168. The molecule has 0 saturated carbocycles. The number of hydrogen-bond acceptors (Lipinski definition) is 8. The summed E-state index contributed by atoms with van der Waals surface area (Å²) < 4.78 is 16.4. The summed E-state index contributed by atoms with van der Waals surface area (Å²) in [6.07, 6.45) is 1.56. The molecule has 1 fully saturated rings. The number of hydrogen-bond donors (Lipinski definition) is 1. The number of anilines is 1. The van der Waals surface area contributed by atoms with Gasteiger partial charge in [0, 0.05) is 17.1 Å². The molecule has 9 heteroatoms. The van der Waals surface area contributed by atoms with Crippen molar-refractivity contribution in [2.45, 2.75) is 6.04 Å². The summed E-state index contributed by atoms with van der Waals surface area (Å²) in [7, 11) is 1.55. The number of rotatable bonds is 4. The summed E-state index contributed by atoms with van der Waals surface area (Å²) >= 11 is 1.24. The van der Waals surface area contributed by atoms with Crippen LogP contribution in [0, 0.1) is 0 Å². The van der Waals surface area contributed by atoms with Crippen LogP contribution in [0.1, 0.15) is 17.2 Å². The molecule has 5 rings (SSSR count). The number of aliphatic hydroxyl groups excluding tert-OH is 1. The predicted octanol–water partition coefficient (Wildman–Crippen LogP) is 3.55. The van der Waals surface area contributed by atoms with Crippen molar-refractivity contribution in [1.29, 1.82) is 0 Å². The Hall–Kier alpha value is -3.85. The van der Waals surface area contributed by atoms with Crippen LogP contribution in [0.4, 0.5) is 5.13 Å². The van der Waals surface area contributed by atoms with E-state index in [2.05, 4.69) is 4.98 Å². The Labute approximate surface area is 187 Å². The highest BCUT2D eigenvalue weighted by Gasteiger charge is 2.48. The number of ether oxygens (including phenoxy) is 3. The van der Waals surface area contributed by atoms with Gasteiger partial charge in [0.2, 0.25) is 0 Å². The molecule has 8 nitrogen and oxygen atoms in total. The Bertz CT molecular complexity index is 1220. The van der Waals surface area contributed by atoms with Crippen molar-refractivity contribution < 1.29 is 28.9 Å². The van der Waals surface area contributed by atoms with E-state index < -0.39 is 17.7 Å². The highest BCUT2D eigenvalue weighted by Crippen LogP contribution is 2.43. The molecule has 3 heterocycles. The lowest BCUT2D eigenvalue weighted by Gasteiger charge is -2.23. The third kappa shape index (κ3) is 3.27. The van der Waals surface area contributed by atoms with Crippen molar-refractivity contribution >= 4 is 33.9 Å². The Morgan fingerprint density at radius 2 is 1.88 bits per heavy atom. The van der Waals surface area contributed by atoms with Crippen LogP contribution in [-0.2, 0) is 9.59 Å². The Morgan fingerprint density at radius 3 is 2.56 bits per heavy atom. The number of aliphatic hydroxyl groups is 1. The molecule has 2 aliphatic rings. The highest BCUT2D eigenvalue weighted by atomic mass is 32.1. The largest absolute Gasteiger partial charge is 0.507 e. The van der Waals surface area contributed by atoms with E-state index >= 15 is 0 Å². The van der Waals surface area contributed by atoms with Crippen molar-refractivity contribution in [2.75, 3.05) is 25.2 Å². The number of methoxy groups -OCH3 is 1. The minimum Gasteiger partial charge on any atom is -0.507 e. The Balaban J connectivity index is 1.67. The molecule has 1 amide bonds. The second-order valence-corrected chi connectivity index (χ2v) is 7.99. The third-order valence-corrected chi connectivity index (χ3v) is 6.09. The number of thiazole rings is 1. The maximum Gasteiger partial charge on any atom is 0.301 e. The fourth-order valence-corrected chi connectivity index (χ4v) is 4.48. The average Bonchev–Trinajstić information content (AvgIpc) is 3.45. The van der Waals surface area contributed by atoms with Crippen LogP contribution in [0.25, 0.3) is 5.76 Å². The lowest BCUT2D eigenvalue weighted by atomic mass is 9.95. The number of ketones is 1. The fraction of sp³-hybridized carbons (Fsp3) is 0.174. The monoisotopic (exact) mass is 450 g/mol. The number of fused-ring (bicyclic) bond motifs is 1. The van der Waals surface area contributed by atoms with Crippen LogP contribution in [-0.4, -0.2) is 42.1 Å². The molecule has 0 radical (unpaired) electrons. The van der Waals surface area contributed by atoms with E-state index in [0.29, 0.717) is 46.7 Å². The maximum atomic E-state index is 13.1. The van der Waals surface area contributed by atoms with Crippen LogP contribution in [0.3, 0.4) is 0 Å². The zero-order valence-electron chi connectivity index (χ0n) is 17.0. The number of carbonyl (C=O) groups is 2. The average molecular weight is 450 g/mol. The van der Waals surface area contributed by atoms with E-state index in [1.807, 2.05) is 0 Å². The van der Waals surface area contributed by atoms with Gasteiger partial charge in [-0.2, -0.15) is 0 Å². The molecule has 2 aliphatic heterocycles. The first-order valence-electron chi connectivity index (χ1n) is 9.83. The second kappa shape index (κ2) is 8.01. The van der Waals surface area contributed by atoms with Gasteiger partial charge in [0.25, 0.3) is 5.78 Å². The van der Waals surface area contributed by atoms with E-state index in [1.165, 1.54) is 16.2 Å². The van der Waals surface area contributed by atoms with Crippen molar-refractivity contribution in [2.24, 2.45) is 0 Å². The minimum atomic E-state index is -0.847. The lowest BCUT2D eigenvalue weighted by Crippen LogP contribution is -2.29. The molecule has 0 aliphatic carbocycles. The lowest BCUT2D eigenvalue weighted by molar-refractivity contribution is -0.132. The van der Waals surface area contributed by atoms with Gasteiger partial charge in [0.1, 0.15) is 24.7 Å². The summed E-state index contributed by atoms with van der Waals surface area (Å²) in [4.78, 5) is 31.7. The van der Waals surface area contributed by atoms with Crippen LogP contribution in [0.2, 0.25) is 0 Å². The van der Waals surface area contributed by atoms with Gasteiger partial charge in [-0.25, -0.2) is 4.98 Å². The quantitative estimate of drug-likeness (QED) is 0.369. The number of benzene rings is 2. The van der Waals surface area contributed by atoms with E-state index in [1.54, 1.807) is 61.2 Å². The Morgan fingerprint density at radius 1 is 1.12 bits per heavy atom. The Kier molecular flexibility index (Phi) is 5.02. The van der Waals surface area contributed by atoms with Gasteiger partial charge in [0.05, 0.1) is 18.7 Å². The van der Waals surface area contributed by atoms with Crippen LogP contribution in [0.15, 0.2) is 59.6 Å². The van der Waals surface area contributed by atoms with Crippen LogP contribution >= 0.6 is 11.3 Å². The molecule has 1 N–H and O–H groups in total. The van der Waals surface area contributed by atoms with Gasteiger partial charge in [-0.3, -0.25) is 14.5 Å². The van der Waals surface area contributed by atoms with Gasteiger partial charge < -0.3 is 19.3 Å². The fourth-order valence-electron chi connectivity index (χ4n) is 3.81. The van der Waals surface area contributed by atoms with E-state index in [4.69, 9.17) is 14.2 Å². The van der Waals surface area contributed by atoms with Crippen molar-refractivity contribution in [3.63, 3.8) is 0 Å². The second-order valence-electron chi connectivity index (χ2n) is 7.12. The normalized spacial score (nSPS) is 19.3. The predicted molar refractivity (Wildman–Crippen MR) is 117 cm³/mol. The van der Waals surface area contributed by atoms with Gasteiger partial charge in [-0.15, -0.1) is 11.3 Å². The van der Waals surface area contributed by atoms with Gasteiger partial charge in [-0.1, -0.05) is 12.1 Å². The highest BCUT2D eigenvalue weighted by molar-refractivity contribution is 7.14. The number of nitrogens with zero attached hydrogens (tertiary/aromatic N) is 2. The van der Waals surface area contributed by atoms with E-state index in [-0.39, 0.29) is 11.3 Å². The summed E-state index contributed by atoms with van der Waals surface area (Å²) in [5, 5.41) is 13.3. The van der Waals surface area contributed by atoms with Gasteiger partial charge in [-0.05, 0) is 35.9 Å². The van der Waals surface area contributed by atoms with Crippen LogP contribution in [0.5, 0.6) is 17.2 Å². The summed E-state index contributed by atoms with van der Waals surface area (Å²) in [6.45, 7) is 0.826. The molecule has 1 unspecified atom stereocenters. The summed E-state index contributed by atoms with van der Waals surface area (Å²) in [5.41, 5.74) is 0.969. The number of carbonyl (C=O) groups excluding carboxylic acids is 2. The smallest absolute Gasteiger partial charge is 0.301 e. The topological polar surface area (TPSA) is 98.2 Å². The van der Waals surface area contributed by atoms with Gasteiger partial charge >= 0.3 is 5.91 Å². The maximum absolute atomic E-state index is 13.1. The standard InChI is InChI=1S/C23H18N2O6S/c1-29-15-5-2-13(3-6-15)19-18(21(27)22(28)25(19)23-24-8-11-32-23)20(26)14-4-7-16-17(12-14)31-10-9-30-16/h2-8,11-12,19,26H,9-10H2,1H3/b20-18+. The van der Waals surface area contributed by atoms with Crippen molar-refractivity contribution in [3.8, 4) is 17.2 Å².